The highest BCUT2D eigenvalue weighted by molar-refractivity contribution is 4.85. The molecule has 86 valence electrons. The summed E-state index contributed by atoms with van der Waals surface area (Å²) >= 11 is 0. The maximum absolute atomic E-state index is 5.62. The van der Waals surface area contributed by atoms with Crippen LogP contribution in [0, 0.1) is 24.2 Å². The van der Waals surface area contributed by atoms with Crippen LogP contribution in [0.3, 0.4) is 0 Å². The van der Waals surface area contributed by atoms with Gasteiger partial charge in [-0.2, -0.15) is 0 Å². The van der Waals surface area contributed by atoms with E-state index in [9.17, 15) is 0 Å². The van der Waals surface area contributed by atoms with Gasteiger partial charge < -0.3 is 0 Å². The molecule has 3 N–H and O–H groups in total. The Hall–Kier alpha value is -0.520. The third-order valence-electron chi connectivity index (χ3n) is 3.68. The van der Waals surface area contributed by atoms with Gasteiger partial charge in [0.2, 0.25) is 0 Å². The summed E-state index contributed by atoms with van der Waals surface area (Å²) in [5, 5.41) is 0. The number of nitrogens with two attached hydrogens (primary N) is 1. The first-order chi connectivity index (χ1) is 7.27. The number of nitrogens with one attached hydrogen (secondary N) is 1. The van der Waals surface area contributed by atoms with Gasteiger partial charge >= 0.3 is 0 Å². The van der Waals surface area contributed by atoms with E-state index in [-0.39, 0.29) is 0 Å². The van der Waals surface area contributed by atoms with Crippen molar-refractivity contribution >= 4 is 0 Å². The topological polar surface area (TPSA) is 38.0 Å². The van der Waals surface area contributed by atoms with Gasteiger partial charge in [-0.25, -0.2) is 0 Å². The van der Waals surface area contributed by atoms with E-state index in [1.165, 1.54) is 25.7 Å². The van der Waals surface area contributed by atoms with Crippen LogP contribution in [0.15, 0.2) is 0 Å². The molecule has 1 aliphatic carbocycles. The van der Waals surface area contributed by atoms with Crippen molar-refractivity contribution in [2.45, 2.75) is 57.9 Å². The third-order valence-corrected chi connectivity index (χ3v) is 3.68. The summed E-state index contributed by atoms with van der Waals surface area (Å²) in [7, 11) is 0. The van der Waals surface area contributed by atoms with Crippen LogP contribution in [-0.2, 0) is 0 Å². The average Bonchev–Trinajstić information content (AvgIpc) is 2.26. The number of rotatable bonds is 5. The van der Waals surface area contributed by atoms with E-state index < -0.39 is 0 Å². The number of hydrazine groups is 1. The normalized spacial score (nSPS) is 28.3. The summed E-state index contributed by atoms with van der Waals surface area (Å²) in [6, 6.07) is 0.478. The highest BCUT2D eigenvalue weighted by atomic mass is 15.2. The summed E-state index contributed by atoms with van der Waals surface area (Å²) in [5.41, 5.74) is 2.98. The number of hydrogen-bond donors (Lipinski definition) is 2. The second-order valence-corrected chi connectivity index (χ2v) is 4.89. The molecule has 1 rings (SSSR count). The molecule has 1 unspecified atom stereocenters. The van der Waals surface area contributed by atoms with E-state index in [0.717, 1.165) is 31.1 Å². The van der Waals surface area contributed by atoms with Crippen LogP contribution in [0.25, 0.3) is 0 Å². The van der Waals surface area contributed by atoms with Crippen molar-refractivity contribution in [2.24, 2.45) is 17.7 Å². The standard InChI is InChI=1S/C13H24N2/c1-3-4-5-6-13(15-14)12-9-7-11(2)8-10-12/h1,11-13,15H,4-10,14H2,2H3. The lowest BCUT2D eigenvalue weighted by Crippen LogP contribution is -2.42. The fourth-order valence-electron chi connectivity index (χ4n) is 2.57. The largest absolute Gasteiger partial charge is 0.271 e. The van der Waals surface area contributed by atoms with Gasteiger partial charge in [0, 0.05) is 12.5 Å². The Morgan fingerprint density at radius 1 is 1.40 bits per heavy atom. The van der Waals surface area contributed by atoms with Crippen LogP contribution in [0.1, 0.15) is 51.9 Å². The first-order valence-electron chi connectivity index (χ1n) is 6.17. The summed E-state index contributed by atoms with van der Waals surface area (Å²) in [6.45, 7) is 2.35. The van der Waals surface area contributed by atoms with Crippen LogP contribution in [0.5, 0.6) is 0 Å². The molecule has 0 aromatic heterocycles. The summed E-state index contributed by atoms with van der Waals surface area (Å²) < 4.78 is 0. The van der Waals surface area contributed by atoms with Crippen molar-refractivity contribution in [1.29, 1.82) is 0 Å². The minimum Gasteiger partial charge on any atom is -0.271 e. The molecule has 0 saturated heterocycles. The van der Waals surface area contributed by atoms with Crippen molar-refractivity contribution in [3.63, 3.8) is 0 Å². The molecule has 1 aliphatic rings. The van der Waals surface area contributed by atoms with Crippen LogP contribution >= 0.6 is 0 Å². The Labute approximate surface area is 94.0 Å². The van der Waals surface area contributed by atoms with E-state index in [4.69, 9.17) is 12.3 Å². The SMILES string of the molecule is C#CCCCC(NN)C1CCC(C)CC1. The maximum Gasteiger partial charge on any atom is 0.0239 e. The maximum atomic E-state index is 5.62. The minimum absolute atomic E-state index is 0.478. The molecule has 0 amide bonds. The second kappa shape index (κ2) is 6.87. The van der Waals surface area contributed by atoms with Crippen molar-refractivity contribution in [3.8, 4) is 12.3 Å². The highest BCUT2D eigenvalue weighted by Gasteiger charge is 2.24. The molecule has 2 nitrogen and oxygen atoms in total. The smallest absolute Gasteiger partial charge is 0.0239 e. The average molecular weight is 208 g/mol. The molecular weight excluding hydrogens is 184 g/mol. The Morgan fingerprint density at radius 3 is 2.60 bits per heavy atom. The van der Waals surface area contributed by atoms with Crippen molar-refractivity contribution in [1.82, 2.24) is 5.43 Å². The molecule has 0 bridgehead atoms. The third kappa shape index (κ3) is 4.24. The molecule has 2 heteroatoms. The zero-order chi connectivity index (χ0) is 11.1. The Morgan fingerprint density at radius 2 is 2.07 bits per heavy atom. The molecule has 1 atom stereocenters. The lowest BCUT2D eigenvalue weighted by molar-refractivity contribution is 0.221. The second-order valence-electron chi connectivity index (χ2n) is 4.89. The Kier molecular flexibility index (Phi) is 5.75. The summed E-state index contributed by atoms with van der Waals surface area (Å²) in [6.07, 6.45) is 13.7. The quantitative estimate of drug-likeness (QED) is 0.315. The van der Waals surface area contributed by atoms with Crippen molar-refractivity contribution < 1.29 is 0 Å². The fourth-order valence-corrected chi connectivity index (χ4v) is 2.57. The van der Waals surface area contributed by atoms with Crippen LogP contribution in [0.4, 0.5) is 0 Å². The van der Waals surface area contributed by atoms with E-state index in [1.54, 1.807) is 0 Å². The van der Waals surface area contributed by atoms with Gasteiger partial charge in [-0.3, -0.25) is 11.3 Å². The first-order valence-corrected chi connectivity index (χ1v) is 6.17. The zero-order valence-corrected chi connectivity index (χ0v) is 9.84. The van der Waals surface area contributed by atoms with Crippen molar-refractivity contribution in [3.05, 3.63) is 0 Å². The molecule has 1 fully saturated rings. The van der Waals surface area contributed by atoms with Crippen LogP contribution < -0.4 is 11.3 Å². The number of hydrogen-bond acceptors (Lipinski definition) is 2. The predicted molar refractivity (Wildman–Crippen MR) is 64.9 cm³/mol. The predicted octanol–water partition coefficient (Wildman–Crippen LogP) is 2.45. The molecule has 0 aromatic carbocycles. The molecule has 0 spiro atoms. The van der Waals surface area contributed by atoms with Crippen LogP contribution in [-0.4, -0.2) is 6.04 Å². The van der Waals surface area contributed by atoms with Gasteiger partial charge in [0.1, 0.15) is 0 Å². The molecule has 0 aliphatic heterocycles. The molecule has 1 saturated carbocycles. The van der Waals surface area contributed by atoms with Gasteiger partial charge in [0.25, 0.3) is 0 Å². The van der Waals surface area contributed by atoms with E-state index in [0.29, 0.717) is 6.04 Å². The van der Waals surface area contributed by atoms with Gasteiger partial charge in [-0.1, -0.05) is 19.8 Å². The first kappa shape index (κ1) is 12.5. The Balaban J connectivity index is 2.28. The molecule has 0 aromatic rings. The van der Waals surface area contributed by atoms with Gasteiger partial charge in [-0.15, -0.1) is 12.3 Å². The lowest BCUT2D eigenvalue weighted by atomic mass is 9.78. The van der Waals surface area contributed by atoms with E-state index >= 15 is 0 Å². The molecule has 0 radical (unpaired) electrons. The van der Waals surface area contributed by atoms with Gasteiger partial charge in [0.05, 0.1) is 0 Å². The van der Waals surface area contributed by atoms with Crippen molar-refractivity contribution in [2.75, 3.05) is 0 Å². The van der Waals surface area contributed by atoms with Gasteiger partial charge in [-0.05, 0) is 37.5 Å². The zero-order valence-electron chi connectivity index (χ0n) is 9.84. The molecule has 0 heterocycles. The minimum atomic E-state index is 0.478. The molecule has 15 heavy (non-hydrogen) atoms. The molecular formula is C13H24N2. The lowest BCUT2D eigenvalue weighted by Gasteiger charge is -2.32. The Bertz CT molecular complexity index is 199. The van der Waals surface area contributed by atoms with E-state index in [1.807, 2.05) is 0 Å². The van der Waals surface area contributed by atoms with Gasteiger partial charge in [0.15, 0.2) is 0 Å². The van der Waals surface area contributed by atoms with Crippen LogP contribution in [0.2, 0.25) is 0 Å². The number of unbranched alkanes of at least 4 members (excludes halogenated alkanes) is 1. The summed E-state index contributed by atoms with van der Waals surface area (Å²) in [5.74, 6) is 9.98. The van der Waals surface area contributed by atoms with E-state index in [2.05, 4.69) is 18.3 Å². The monoisotopic (exact) mass is 208 g/mol. The highest BCUT2D eigenvalue weighted by Crippen LogP contribution is 2.31. The number of terminal acetylenes is 1. The fraction of sp³-hybridized carbons (Fsp3) is 0.846. The summed E-state index contributed by atoms with van der Waals surface area (Å²) in [4.78, 5) is 0.